The normalized spacial score (nSPS) is 16.5. The van der Waals surface area contributed by atoms with Crippen molar-refractivity contribution >= 4 is 11.3 Å². The third-order valence-electron chi connectivity index (χ3n) is 2.48. The molecule has 0 radical (unpaired) electrons. The Morgan fingerprint density at radius 1 is 1.36 bits per heavy atom. The van der Waals surface area contributed by atoms with E-state index in [2.05, 4.69) is 11.1 Å². The number of allylic oxidation sites excluding steroid dienone is 2. The molecule has 0 aliphatic heterocycles. The lowest BCUT2D eigenvalue weighted by Gasteiger charge is -2.13. The summed E-state index contributed by atoms with van der Waals surface area (Å²) >= 11 is 0. The lowest BCUT2D eigenvalue weighted by Crippen LogP contribution is -2.00. The van der Waals surface area contributed by atoms with Crippen molar-refractivity contribution in [2.75, 3.05) is 5.73 Å². The van der Waals surface area contributed by atoms with Crippen LogP contribution < -0.4 is 5.73 Å². The van der Waals surface area contributed by atoms with Gasteiger partial charge in [-0.05, 0) is 31.3 Å². The van der Waals surface area contributed by atoms with Gasteiger partial charge >= 0.3 is 0 Å². The van der Waals surface area contributed by atoms with Crippen LogP contribution in [0.5, 0.6) is 0 Å². The zero-order valence-corrected chi connectivity index (χ0v) is 7.96. The molecule has 74 valence electrons. The molecule has 0 bridgehead atoms. The van der Waals surface area contributed by atoms with Gasteiger partial charge in [0.05, 0.1) is 17.6 Å². The Bertz CT molecular complexity index is 372. The van der Waals surface area contributed by atoms with E-state index < -0.39 is 0 Å². The van der Waals surface area contributed by atoms with Crippen LogP contribution in [0.25, 0.3) is 5.57 Å². The molecule has 1 heterocycles. The summed E-state index contributed by atoms with van der Waals surface area (Å²) in [6.07, 6.45) is 7.85. The molecule has 0 atom stereocenters. The summed E-state index contributed by atoms with van der Waals surface area (Å²) < 4.78 is 12.8. The largest absolute Gasteiger partial charge is 0.397 e. The monoisotopic (exact) mass is 192 g/mol. The van der Waals surface area contributed by atoms with E-state index in [0.717, 1.165) is 24.1 Å². The highest BCUT2D eigenvalue weighted by atomic mass is 19.1. The molecule has 2 rings (SSSR count). The number of nitrogens with two attached hydrogens (primary N) is 1. The molecule has 0 unspecified atom stereocenters. The van der Waals surface area contributed by atoms with E-state index in [4.69, 9.17) is 5.73 Å². The maximum Gasteiger partial charge on any atom is 0.143 e. The van der Waals surface area contributed by atoms with E-state index in [1.54, 1.807) is 0 Å². The van der Waals surface area contributed by atoms with Gasteiger partial charge in [0.2, 0.25) is 0 Å². The molecule has 1 aliphatic rings. The third kappa shape index (κ3) is 1.76. The van der Waals surface area contributed by atoms with Crippen LogP contribution in [0, 0.1) is 5.82 Å². The molecule has 0 saturated carbocycles. The Morgan fingerprint density at radius 3 is 2.86 bits per heavy atom. The molecule has 0 saturated heterocycles. The van der Waals surface area contributed by atoms with Crippen LogP contribution in [-0.2, 0) is 0 Å². The van der Waals surface area contributed by atoms with Crippen LogP contribution in [0.1, 0.15) is 31.4 Å². The van der Waals surface area contributed by atoms with E-state index in [9.17, 15) is 4.39 Å². The Morgan fingerprint density at radius 2 is 2.21 bits per heavy atom. The molecule has 1 aromatic heterocycles. The van der Waals surface area contributed by atoms with Crippen molar-refractivity contribution in [3.63, 3.8) is 0 Å². The van der Waals surface area contributed by atoms with Gasteiger partial charge in [0.15, 0.2) is 0 Å². The highest BCUT2D eigenvalue weighted by Crippen LogP contribution is 2.28. The third-order valence-corrected chi connectivity index (χ3v) is 2.48. The fourth-order valence-electron chi connectivity index (χ4n) is 1.78. The highest BCUT2D eigenvalue weighted by molar-refractivity contribution is 5.72. The maximum absolute atomic E-state index is 12.8. The summed E-state index contributed by atoms with van der Waals surface area (Å²) in [7, 11) is 0. The van der Waals surface area contributed by atoms with Crippen molar-refractivity contribution in [3.8, 4) is 0 Å². The van der Waals surface area contributed by atoms with Crippen LogP contribution in [0.15, 0.2) is 18.3 Å². The molecule has 1 aromatic rings. The van der Waals surface area contributed by atoms with Crippen molar-refractivity contribution in [3.05, 3.63) is 29.9 Å². The summed E-state index contributed by atoms with van der Waals surface area (Å²) in [5.41, 5.74) is 8.07. The SMILES string of the molecule is Nc1cc(F)cnc1C1=CCCCC1. The number of hydrogen-bond acceptors (Lipinski definition) is 2. The predicted molar refractivity (Wildman–Crippen MR) is 55.1 cm³/mol. The maximum atomic E-state index is 12.8. The van der Waals surface area contributed by atoms with Crippen molar-refractivity contribution < 1.29 is 4.39 Å². The topological polar surface area (TPSA) is 38.9 Å². The van der Waals surface area contributed by atoms with E-state index >= 15 is 0 Å². The predicted octanol–water partition coefficient (Wildman–Crippen LogP) is 2.76. The zero-order chi connectivity index (χ0) is 9.97. The first kappa shape index (κ1) is 9.19. The molecule has 1 aliphatic carbocycles. The average molecular weight is 192 g/mol. The first-order chi connectivity index (χ1) is 6.77. The number of halogens is 1. The standard InChI is InChI=1S/C11H13FN2/c12-9-6-10(13)11(14-7-9)8-4-2-1-3-5-8/h4,6-7H,1-3,5,13H2. The van der Waals surface area contributed by atoms with E-state index in [0.29, 0.717) is 5.69 Å². The van der Waals surface area contributed by atoms with Gasteiger partial charge in [-0.1, -0.05) is 6.08 Å². The summed E-state index contributed by atoms with van der Waals surface area (Å²) in [6, 6.07) is 1.33. The number of aromatic nitrogens is 1. The molecule has 0 spiro atoms. The first-order valence-corrected chi connectivity index (χ1v) is 4.88. The van der Waals surface area contributed by atoms with E-state index in [-0.39, 0.29) is 5.82 Å². The smallest absolute Gasteiger partial charge is 0.143 e. The number of nitrogens with zero attached hydrogens (tertiary/aromatic N) is 1. The fraction of sp³-hybridized carbons (Fsp3) is 0.364. The Hall–Kier alpha value is -1.38. The molecule has 3 heteroatoms. The minimum Gasteiger partial charge on any atom is -0.397 e. The van der Waals surface area contributed by atoms with Crippen molar-refractivity contribution in [2.24, 2.45) is 0 Å². The quantitative estimate of drug-likeness (QED) is 0.743. The summed E-state index contributed by atoms with van der Waals surface area (Å²) in [4.78, 5) is 4.03. The second kappa shape index (κ2) is 3.78. The van der Waals surface area contributed by atoms with E-state index in [1.807, 2.05) is 0 Å². The molecular formula is C11H13FN2. The second-order valence-corrected chi connectivity index (χ2v) is 3.57. The summed E-state index contributed by atoms with van der Waals surface area (Å²) in [5.74, 6) is -0.373. The van der Waals surface area contributed by atoms with Crippen molar-refractivity contribution in [1.29, 1.82) is 0 Å². The van der Waals surface area contributed by atoms with Crippen LogP contribution in [-0.4, -0.2) is 4.98 Å². The molecule has 2 N–H and O–H groups in total. The van der Waals surface area contributed by atoms with Gasteiger partial charge in [-0.2, -0.15) is 0 Å². The Labute approximate surface area is 82.7 Å². The van der Waals surface area contributed by atoms with E-state index in [1.165, 1.54) is 25.1 Å². The Balaban J connectivity index is 2.35. The van der Waals surface area contributed by atoms with Crippen LogP contribution >= 0.6 is 0 Å². The van der Waals surface area contributed by atoms with Gasteiger partial charge in [-0.15, -0.1) is 0 Å². The minimum absolute atomic E-state index is 0.373. The van der Waals surface area contributed by atoms with Crippen LogP contribution in [0.4, 0.5) is 10.1 Å². The number of anilines is 1. The van der Waals surface area contributed by atoms with Crippen LogP contribution in [0.2, 0.25) is 0 Å². The summed E-state index contributed by atoms with van der Waals surface area (Å²) in [6.45, 7) is 0. The summed E-state index contributed by atoms with van der Waals surface area (Å²) in [5, 5.41) is 0. The van der Waals surface area contributed by atoms with Gasteiger partial charge in [-0.3, -0.25) is 4.98 Å². The van der Waals surface area contributed by atoms with Crippen LogP contribution in [0.3, 0.4) is 0 Å². The van der Waals surface area contributed by atoms with Gasteiger partial charge in [-0.25, -0.2) is 4.39 Å². The number of nitrogen functional groups attached to an aromatic ring is 1. The van der Waals surface area contributed by atoms with Crippen molar-refractivity contribution in [1.82, 2.24) is 4.98 Å². The minimum atomic E-state index is -0.373. The van der Waals surface area contributed by atoms with Gasteiger partial charge in [0.25, 0.3) is 0 Å². The van der Waals surface area contributed by atoms with Crippen molar-refractivity contribution in [2.45, 2.75) is 25.7 Å². The molecule has 0 aromatic carbocycles. The fourth-order valence-corrected chi connectivity index (χ4v) is 1.78. The molecule has 2 nitrogen and oxygen atoms in total. The lowest BCUT2D eigenvalue weighted by atomic mass is 9.96. The second-order valence-electron chi connectivity index (χ2n) is 3.57. The zero-order valence-electron chi connectivity index (χ0n) is 7.96. The average Bonchev–Trinajstić information content (AvgIpc) is 2.19. The van der Waals surface area contributed by atoms with Gasteiger partial charge in [0.1, 0.15) is 5.82 Å². The lowest BCUT2D eigenvalue weighted by molar-refractivity contribution is 0.621. The number of rotatable bonds is 1. The Kier molecular flexibility index (Phi) is 2.48. The molecule has 0 fully saturated rings. The number of pyridine rings is 1. The molecule has 0 amide bonds. The highest BCUT2D eigenvalue weighted by Gasteiger charge is 2.10. The first-order valence-electron chi connectivity index (χ1n) is 4.88. The molecular weight excluding hydrogens is 179 g/mol. The van der Waals surface area contributed by atoms with Gasteiger partial charge in [0, 0.05) is 6.07 Å². The van der Waals surface area contributed by atoms with Gasteiger partial charge < -0.3 is 5.73 Å². The molecule has 14 heavy (non-hydrogen) atoms. The number of hydrogen-bond donors (Lipinski definition) is 1.